The van der Waals surface area contributed by atoms with Crippen LogP contribution in [-0.4, -0.2) is 25.7 Å². The average Bonchev–Trinajstić information content (AvgIpc) is 3.24. The Balaban J connectivity index is 1.63. The fourth-order valence-electron chi connectivity index (χ4n) is 3.05. The zero-order valence-corrected chi connectivity index (χ0v) is 14.7. The van der Waals surface area contributed by atoms with Gasteiger partial charge in [0, 0.05) is 30.7 Å². The molecule has 26 heavy (non-hydrogen) atoms. The lowest BCUT2D eigenvalue weighted by Crippen LogP contribution is -2.24. The summed E-state index contributed by atoms with van der Waals surface area (Å²) in [6.45, 7) is 2.43. The third-order valence-electron chi connectivity index (χ3n) is 4.51. The van der Waals surface area contributed by atoms with Gasteiger partial charge in [0.2, 0.25) is 0 Å². The van der Waals surface area contributed by atoms with E-state index in [9.17, 15) is 4.79 Å². The molecule has 0 atom stereocenters. The Morgan fingerprint density at radius 2 is 2.00 bits per heavy atom. The first-order chi connectivity index (χ1) is 12.6. The third-order valence-corrected chi connectivity index (χ3v) is 4.51. The predicted octanol–water partition coefficient (Wildman–Crippen LogP) is 3.20. The van der Waals surface area contributed by atoms with E-state index in [-0.39, 0.29) is 5.91 Å². The van der Waals surface area contributed by atoms with Crippen molar-refractivity contribution < 1.29 is 4.79 Å². The first kappa shape index (κ1) is 16.1. The molecular weight excluding hydrogens is 326 g/mol. The first-order valence-electron chi connectivity index (χ1n) is 8.43. The second kappa shape index (κ2) is 6.48. The largest absolute Gasteiger partial charge is 0.347 e. The monoisotopic (exact) mass is 345 g/mol. The number of aromatic nitrogens is 4. The standard InChI is InChI=1S/C20H19N5O/c1-13-16(12-22-24-13)17-9-8-15-10-18(25(2)19(15)23-17)20(26)21-11-14-6-4-3-5-7-14/h3-10,12H,11H2,1-2H3,(H,21,26)(H,22,24). The van der Waals surface area contributed by atoms with Gasteiger partial charge in [-0.15, -0.1) is 0 Å². The Labute approximate surface area is 150 Å². The van der Waals surface area contributed by atoms with Gasteiger partial charge in [-0.25, -0.2) is 4.98 Å². The molecule has 0 aliphatic rings. The van der Waals surface area contributed by atoms with E-state index in [1.54, 1.807) is 0 Å². The van der Waals surface area contributed by atoms with Crippen LogP contribution < -0.4 is 5.32 Å². The van der Waals surface area contributed by atoms with Crippen molar-refractivity contribution >= 4 is 16.9 Å². The highest BCUT2D eigenvalue weighted by molar-refractivity contribution is 5.98. The van der Waals surface area contributed by atoms with E-state index >= 15 is 0 Å². The number of carbonyl (C=O) groups is 1. The van der Waals surface area contributed by atoms with Gasteiger partial charge < -0.3 is 9.88 Å². The number of aromatic amines is 1. The summed E-state index contributed by atoms with van der Waals surface area (Å²) in [4.78, 5) is 17.3. The topological polar surface area (TPSA) is 75.6 Å². The number of pyridine rings is 1. The van der Waals surface area contributed by atoms with E-state index in [1.807, 2.05) is 73.3 Å². The van der Waals surface area contributed by atoms with Gasteiger partial charge in [0.15, 0.2) is 0 Å². The smallest absolute Gasteiger partial charge is 0.268 e. The van der Waals surface area contributed by atoms with Crippen LogP contribution in [0.1, 0.15) is 21.7 Å². The van der Waals surface area contributed by atoms with Crippen molar-refractivity contribution in [3.05, 3.63) is 71.7 Å². The van der Waals surface area contributed by atoms with E-state index in [0.29, 0.717) is 12.2 Å². The van der Waals surface area contributed by atoms with Crippen LogP contribution in [0.5, 0.6) is 0 Å². The van der Waals surface area contributed by atoms with Gasteiger partial charge in [0.1, 0.15) is 11.3 Å². The molecule has 0 spiro atoms. The number of carbonyl (C=O) groups excluding carboxylic acids is 1. The molecule has 6 heteroatoms. The Bertz CT molecular complexity index is 1080. The van der Waals surface area contributed by atoms with E-state index in [1.165, 1.54) is 0 Å². The summed E-state index contributed by atoms with van der Waals surface area (Å²) in [7, 11) is 1.86. The lowest BCUT2D eigenvalue weighted by atomic mass is 10.1. The summed E-state index contributed by atoms with van der Waals surface area (Å²) in [6.07, 6.45) is 1.83. The highest BCUT2D eigenvalue weighted by Crippen LogP contribution is 2.24. The summed E-state index contributed by atoms with van der Waals surface area (Å²) < 4.78 is 1.83. The predicted molar refractivity (Wildman–Crippen MR) is 101 cm³/mol. The molecule has 0 saturated carbocycles. The maximum absolute atomic E-state index is 12.6. The minimum atomic E-state index is -0.115. The number of nitrogens with one attached hydrogen (secondary N) is 2. The summed E-state index contributed by atoms with van der Waals surface area (Å²) in [5, 5.41) is 10.9. The molecule has 3 heterocycles. The van der Waals surface area contributed by atoms with Crippen molar-refractivity contribution in [3.63, 3.8) is 0 Å². The molecule has 0 saturated heterocycles. The molecule has 0 unspecified atom stereocenters. The van der Waals surface area contributed by atoms with Gasteiger partial charge in [0.25, 0.3) is 5.91 Å². The molecule has 1 aromatic carbocycles. The van der Waals surface area contributed by atoms with Crippen LogP contribution in [0.3, 0.4) is 0 Å². The first-order valence-corrected chi connectivity index (χ1v) is 8.43. The molecule has 3 aromatic heterocycles. The molecular formula is C20H19N5O. The van der Waals surface area contributed by atoms with Crippen LogP contribution in [-0.2, 0) is 13.6 Å². The lowest BCUT2D eigenvalue weighted by Gasteiger charge is -2.06. The van der Waals surface area contributed by atoms with Crippen molar-refractivity contribution in [2.24, 2.45) is 7.05 Å². The van der Waals surface area contributed by atoms with E-state index in [2.05, 4.69) is 15.5 Å². The number of hydrogen-bond acceptors (Lipinski definition) is 3. The van der Waals surface area contributed by atoms with E-state index < -0.39 is 0 Å². The Hall–Kier alpha value is -3.41. The molecule has 6 nitrogen and oxygen atoms in total. The number of aryl methyl sites for hydroxylation is 2. The minimum Gasteiger partial charge on any atom is -0.347 e. The van der Waals surface area contributed by atoms with Crippen LogP contribution in [0.25, 0.3) is 22.3 Å². The maximum atomic E-state index is 12.6. The number of benzene rings is 1. The molecule has 2 N–H and O–H groups in total. The van der Waals surface area contributed by atoms with Gasteiger partial charge in [-0.2, -0.15) is 5.10 Å². The summed E-state index contributed by atoms with van der Waals surface area (Å²) in [5.41, 5.74) is 5.11. The molecule has 0 aliphatic carbocycles. The summed E-state index contributed by atoms with van der Waals surface area (Å²) in [5.74, 6) is -0.115. The number of nitrogens with zero attached hydrogens (tertiary/aromatic N) is 3. The van der Waals surface area contributed by atoms with Crippen molar-refractivity contribution in [1.29, 1.82) is 0 Å². The number of H-pyrrole nitrogens is 1. The molecule has 1 amide bonds. The van der Waals surface area contributed by atoms with Crippen LogP contribution in [0.2, 0.25) is 0 Å². The zero-order valence-electron chi connectivity index (χ0n) is 14.7. The van der Waals surface area contributed by atoms with Crippen LogP contribution in [0, 0.1) is 6.92 Å². The van der Waals surface area contributed by atoms with E-state index in [0.717, 1.165) is 33.5 Å². The number of hydrogen-bond donors (Lipinski definition) is 2. The summed E-state index contributed by atoms with van der Waals surface area (Å²) >= 11 is 0. The van der Waals surface area contributed by atoms with Crippen LogP contribution >= 0.6 is 0 Å². The van der Waals surface area contributed by atoms with Gasteiger partial charge >= 0.3 is 0 Å². The van der Waals surface area contributed by atoms with Crippen molar-refractivity contribution in [1.82, 2.24) is 25.1 Å². The lowest BCUT2D eigenvalue weighted by molar-refractivity contribution is 0.0943. The van der Waals surface area contributed by atoms with Crippen molar-refractivity contribution in [2.75, 3.05) is 0 Å². The number of fused-ring (bicyclic) bond motifs is 1. The normalized spacial score (nSPS) is 11.0. The van der Waals surface area contributed by atoms with Crippen LogP contribution in [0.4, 0.5) is 0 Å². The number of amides is 1. The summed E-state index contributed by atoms with van der Waals surface area (Å²) in [6, 6.07) is 15.7. The molecule has 0 fully saturated rings. The highest BCUT2D eigenvalue weighted by Gasteiger charge is 2.15. The third kappa shape index (κ3) is 2.86. The Kier molecular flexibility index (Phi) is 4.01. The molecule has 0 radical (unpaired) electrons. The van der Waals surface area contributed by atoms with Gasteiger partial charge in [-0.05, 0) is 30.7 Å². The van der Waals surface area contributed by atoms with Crippen molar-refractivity contribution in [3.8, 4) is 11.3 Å². The fraction of sp³-hybridized carbons (Fsp3) is 0.150. The Morgan fingerprint density at radius 3 is 2.73 bits per heavy atom. The SMILES string of the molecule is Cc1n[nH]cc1-c1ccc2cc(C(=O)NCc3ccccc3)n(C)c2n1. The van der Waals surface area contributed by atoms with Gasteiger partial charge in [0.05, 0.1) is 11.4 Å². The van der Waals surface area contributed by atoms with Crippen LogP contribution in [0.15, 0.2) is 54.7 Å². The van der Waals surface area contributed by atoms with Gasteiger partial charge in [-0.1, -0.05) is 30.3 Å². The number of rotatable bonds is 4. The van der Waals surface area contributed by atoms with E-state index in [4.69, 9.17) is 4.98 Å². The van der Waals surface area contributed by atoms with Crippen molar-refractivity contribution in [2.45, 2.75) is 13.5 Å². The minimum absolute atomic E-state index is 0.115. The molecule has 130 valence electrons. The fourth-order valence-corrected chi connectivity index (χ4v) is 3.05. The Morgan fingerprint density at radius 1 is 1.19 bits per heavy atom. The maximum Gasteiger partial charge on any atom is 0.268 e. The zero-order chi connectivity index (χ0) is 18.1. The quantitative estimate of drug-likeness (QED) is 0.596. The average molecular weight is 345 g/mol. The molecule has 0 bridgehead atoms. The second-order valence-electron chi connectivity index (χ2n) is 6.25. The molecule has 4 rings (SSSR count). The molecule has 4 aromatic rings. The highest BCUT2D eigenvalue weighted by atomic mass is 16.1. The molecule has 0 aliphatic heterocycles. The second-order valence-corrected chi connectivity index (χ2v) is 6.25. The van der Waals surface area contributed by atoms with Gasteiger partial charge in [-0.3, -0.25) is 9.89 Å².